The maximum absolute atomic E-state index is 5.68. The summed E-state index contributed by atoms with van der Waals surface area (Å²) in [6.45, 7) is 84.9. The molecule has 0 aromatic carbocycles. The first-order valence-electron chi connectivity index (χ1n) is 35.1. The normalized spacial score (nSPS) is 26.4. The Hall–Kier alpha value is -0.400. The third kappa shape index (κ3) is 31.7. The molecule has 0 radical (unpaired) electrons. The molecule has 6 atom stereocenters. The molecule has 0 aromatic heterocycles. The van der Waals surface area contributed by atoms with E-state index >= 15 is 0 Å². The Morgan fingerprint density at radius 2 is 0.671 bits per heavy atom. The molecule has 10 heteroatoms. The van der Waals surface area contributed by atoms with Gasteiger partial charge in [0.25, 0.3) is 0 Å². The minimum atomic E-state index is 0.254. The molecule has 0 aromatic rings. The molecular weight excluding hydrogens is 1010 g/mol. The third-order valence-corrected chi connectivity index (χ3v) is 20.0. The van der Waals surface area contributed by atoms with E-state index in [0.29, 0.717) is 36.1 Å². The molecule has 0 N–H and O–H groups in total. The largest absolute Gasteiger partial charge is 0.375 e. The van der Waals surface area contributed by atoms with E-state index in [4.69, 9.17) is 14.2 Å². The van der Waals surface area contributed by atoms with Crippen molar-refractivity contribution in [2.75, 3.05) is 105 Å². The summed E-state index contributed by atoms with van der Waals surface area (Å²) in [5, 5.41) is 0. The molecule has 0 bridgehead atoms. The number of morpholine rings is 1. The van der Waals surface area contributed by atoms with E-state index in [2.05, 4.69) is 235 Å². The number of nitrogens with zero attached hydrogens (tertiary/aromatic N) is 7. The maximum atomic E-state index is 5.68. The second-order valence-electron chi connectivity index (χ2n) is 31.8. The topological polar surface area (TPSA) is 50.4 Å². The highest BCUT2D eigenvalue weighted by molar-refractivity contribution is 4.85. The predicted molar refractivity (Wildman–Crippen MR) is 361 cm³/mol. The van der Waals surface area contributed by atoms with Crippen molar-refractivity contribution in [3.05, 3.63) is 0 Å². The van der Waals surface area contributed by atoms with Gasteiger partial charge < -0.3 is 33.8 Å². The van der Waals surface area contributed by atoms with Crippen LogP contribution in [0.3, 0.4) is 0 Å². The van der Waals surface area contributed by atoms with Gasteiger partial charge in [-0.15, -0.1) is 0 Å². The highest BCUT2D eigenvalue weighted by Gasteiger charge is 2.33. The monoisotopic (exact) mass is 1160 g/mol. The molecule has 7 aliphatic rings. The van der Waals surface area contributed by atoms with E-state index in [1.165, 1.54) is 97.4 Å². The van der Waals surface area contributed by atoms with Gasteiger partial charge in [0.1, 0.15) is 0 Å². The Labute approximate surface area is 515 Å². The highest BCUT2D eigenvalue weighted by atomic mass is 16.5. The average Bonchev–Trinajstić information content (AvgIpc) is 4.04. The maximum Gasteiger partial charge on any atom is 0.0999 e. The Balaban J connectivity index is 0.000000479. The number of hydrogen-bond donors (Lipinski definition) is 0. The second kappa shape index (κ2) is 41.0. The molecule has 492 valence electrons. The lowest BCUT2D eigenvalue weighted by atomic mass is 9.87. The van der Waals surface area contributed by atoms with Crippen molar-refractivity contribution in [1.29, 1.82) is 0 Å². The van der Waals surface area contributed by atoms with Crippen LogP contribution in [0.4, 0.5) is 0 Å². The van der Waals surface area contributed by atoms with Crippen LogP contribution >= 0.6 is 0 Å². The van der Waals surface area contributed by atoms with Crippen LogP contribution in [0.2, 0.25) is 0 Å². The summed E-state index contributed by atoms with van der Waals surface area (Å²) in [6, 6.07) is 4.27. The molecule has 0 aliphatic carbocycles. The smallest absolute Gasteiger partial charge is 0.0999 e. The molecule has 0 amide bonds. The number of likely N-dealkylation sites (tertiary alicyclic amines) is 4. The van der Waals surface area contributed by atoms with E-state index in [9.17, 15) is 0 Å². The van der Waals surface area contributed by atoms with Crippen LogP contribution < -0.4 is 0 Å². The van der Waals surface area contributed by atoms with Crippen LogP contribution in [0.25, 0.3) is 0 Å². The molecule has 82 heavy (non-hydrogen) atoms. The minimum Gasteiger partial charge on any atom is -0.375 e. The van der Waals surface area contributed by atoms with E-state index in [1.807, 2.05) is 0 Å². The lowest BCUT2D eigenvalue weighted by Crippen LogP contribution is -2.51. The zero-order chi connectivity index (χ0) is 62.8. The lowest BCUT2D eigenvalue weighted by Gasteiger charge is -2.44. The van der Waals surface area contributed by atoms with Crippen LogP contribution in [0.5, 0.6) is 0 Å². The summed E-state index contributed by atoms with van der Waals surface area (Å²) in [4.78, 5) is 17.7. The molecule has 7 fully saturated rings. The molecule has 7 rings (SSSR count). The molecule has 0 spiro atoms. The van der Waals surface area contributed by atoms with Crippen molar-refractivity contribution in [2.45, 2.75) is 293 Å². The zero-order valence-corrected chi connectivity index (χ0v) is 61.0. The van der Waals surface area contributed by atoms with Crippen LogP contribution in [0.1, 0.15) is 239 Å². The lowest BCUT2D eigenvalue weighted by molar-refractivity contribution is -0.0701. The SMILES string of the molecule is CC(C)C1CCCCN(C(C)C)C1.CC(C)C1CCCN(C(C)C)C1.CC(C)C1CCN(C(C)C)C1.CC(C)C1CN(C(C)(C)C)CO1.CC(C)C1CN(C(C)C)C1.CC(C)C1CN(C(C)C)CCO1.CC(C)C1COCN(C(C)C)C1. The van der Waals surface area contributed by atoms with Crippen LogP contribution in [-0.2, 0) is 14.2 Å². The van der Waals surface area contributed by atoms with Gasteiger partial charge in [-0.2, -0.15) is 0 Å². The predicted octanol–water partition coefficient (Wildman–Crippen LogP) is 16.1. The fourth-order valence-corrected chi connectivity index (χ4v) is 11.9. The molecule has 7 aliphatic heterocycles. The summed E-state index contributed by atoms with van der Waals surface area (Å²) >= 11 is 0. The van der Waals surface area contributed by atoms with E-state index in [1.54, 1.807) is 0 Å². The van der Waals surface area contributed by atoms with Gasteiger partial charge in [0.2, 0.25) is 0 Å². The van der Waals surface area contributed by atoms with E-state index in [-0.39, 0.29) is 5.54 Å². The van der Waals surface area contributed by atoms with Gasteiger partial charge in [-0.3, -0.25) is 14.7 Å². The zero-order valence-electron chi connectivity index (χ0n) is 61.0. The second-order valence-corrected chi connectivity index (χ2v) is 31.8. The Kier molecular flexibility index (Phi) is 39.8. The molecular formula is C72H151N7O3. The highest BCUT2D eigenvalue weighted by Crippen LogP contribution is 2.29. The van der Waals surface area contributed by atoms with Crippen LogP contribution in [-0.4, -0.2) is 194 Å². The van der Waals surface area contributed by atoms with Gasteiger partial charge in [-0.05, 0) is 227 Å². The third-order valence-electron chi connectivity index (χ3n) is 20.0. The Bertz CT molecular complexity index is 1380. The van der Waals surface area contributed by atoms with Crippen molar-refractivity contribution >= 4 is 0 Å². The van der Waals surface area contributed by atoms with Gasteiger partial charge in [0, 0.05) is 101 Å². The number of ether oxygens (including phenoxy) is 3. The van der Waals surface area contributed by atoms with Crippen molar-refractivity contribution in [3.63, 3.8) is 0 Å². The van der Waals surface area contributed by atoms with Gasteiger partial charge in [-0.25, -0.2) is 0 Å². The van der Waals surface area contributed by atoms with E-state index < -0.39 is 0 Å². The number of hydrogen-bond acceptors (Lipinski definition) is 10. The summed E-state index contributed by atoms with van der Waals surface area (Å²) in [5.74, 6) is 10.0. The van der Waals surface area contributed by atoms with Gasteiger partial charge in [0.15, 0.2) is 0 Å². The molecule has 10 nitrogen and oxygen atoms in total. The van der Waals surface area contributed by atoms with E-state index in [0.717, 1.165) is 130 Å². The van der Waals surface area contributed by atoms with Crippen LogP contribution in [0.15, 0.2) is 0 Å². The first kappa shape index (κ1) is 79.6. The van der Waals surface area contributed by atoms with Gasteiger partial charge in [0.05, 0.1) is 38.9 Å². The fraction of sp³-hybridized carbons (Fsp3) is 1.00. The Morgan fingerprint density at radius 3 is 1.04 bits per heavy atom. The molecule has 6 unspecified atom stereocenters. The minimum absolute atomic E-state index is 0.254. The standard InChI is InChI=1S/C12H25N.C11H23N.3C10H21NO.C10H21N.C9H19N/c1-10(2)12-7-5-6-8-13(9-12)11(3)4;1-9(2)11-6-5-7-12(8-11)10(3)4;1-8(2)9-6-11(7-12-9)10(3,4)5;1-8(2)10-5-11(9(3)4)7-12-6-10;1-8(2)10-7-11(9(3)4)5-6-12-10;1-8(2)10-5-6-11(7-10)9(3)4;1-7(2)9-5-10(6-9)8(3)4/h10-12H,5-9H2,1-4H3;9-11H,5-8H2,1-4H3;8-9H,6-7H2,1-5H3;2*8-10H,5-7H2,1-4H3;8-10H,5-7H2,1-4H3;7-9H,5-6H2,1-4H3. The Morgan fingerprint density at radius 1 is 0.305 bits per heavy atom. The summed E-state index contributed by atoms with van der Waals surface area (Å²) < 4.78 is 16.9. The van der Waals surface area contributed by atoms with Crippen molar-refractivity contribution in [1.82, 2.24) is 34.3 Å². The van der Waals surface area contributed by atoms with Crippen molar-refractivity contribution in [2.24, 2.45) is 71.0 Å². The number of rotatable bonds is 13. The first-order chi connectivity index (χ1) is 38.1. The van der Waals surface area contributed by atoms with Gasteiger partial charge >= 0.3 is 0 Å². The van der Waals surface area contributed by atoms with Crippen LogP contribution in [0, 0.1) is 71.0 Å². The average molecular weight is 1160 g/mol. The summed E-state index contributed by atoms with van der Waals surface area (Å²) in [6.07, 6.45) is 9.43. The summed E-state index contributed by atoms with van der Waals surface area (Å²) in [5.41, 5.74) is 0.254. The molecule has 7 heterocycles. The molecule has 7 saturated heterocycles. The number of piperidine rings is 1. The fourth-order valence-electron chi connectivity index (χ4n) is 11.9. The molecule has 0 saturated carbocycles. The summed E-state index contributed by atoms with van der Waals surface area (Å²) in [7, 11) is 0. The van der Waals surface area contributed by atoms with Crippen molar-refractivity contribution < 1.29 is 14.2 Å². The van der Waals surface area contributed by atoms with Gasteiger partial charge in [-0.1, -0.05) is 103 Å². The first-order valence-corrected chi connectivity index (χ1v) is 35.1. The van der Waals surface area contributed by atoms with Crippen molar-refractivity contribution in [3.8, 4) is 0 Å². The quantitative estimate of drug-likeness (QED) is 0.178.